The van der Waals surface area contributed by atoms with Crippen LogP contribution in [0, 0.1) is 0 Å². The molecule has 9 heavy (non-hydrogen) atoms. The molecule has 2 N–H and O–H groups in total. The van der Waals surface area contributed by atoms with Crippen LogP contribution >= 0.6 is 0 Å². The topological polar surface area (TPSA) is 49.1 Å². The van der Waals surface area contributed by atoms with Crippen LogP contribution in [0.1, 0.15) is 6.42 Å². The molecule has 4 heteroatoms. The molecule has 0 rings (SSSR count). The molecule has 0 aliphatic rings. The van der Waals surface area contributed by atoms with E-state index in [4.69, 9.17) is 5.73 Å². The molecule has 0 bridgehead atoms. The van der Waals surface area contributed by atoms with Crippen LogP contribution in [0.5, 0.6) is 0 Å². The molecule has 0 aliphatic heterocycles. The quantitative estimate of drug-likeness (QED) is 0.550. The first-order valence-corrected chi connectivity index (χ1v) is 6.08. The average Bonchev–Trinajstić information content (AvgIpc) is 1.59. The van der Waals surface area contributed by atoms with Gasteiger partial charge in [0, 0.05) is 0 Å². The molecule has 50 valence electrons. The Balaban J connectivity index is 0. The zero-order valence-electron chi connectivity index (χ0n) is 6.61. The van der Waals surface area contributed by atoms with Crippen molar-refractivity contribution in [3.8, 4) is 0 Å². The Hall–Kier alpha value is 2.19. The third-order valence-electron chi connectivity index (χ3n) is 0.983. The minimum Gasteiger partial charge on any atom is -0.859 e. The van der Waals surface area contributed by atoms with E-state index in [1.807, 2.05) is 13.1 Å². The largest absolute Gasteiger partial charge is 1.00 e. The molecular formula is C5H14CsNOSi. The van der Waals surface area contributed by atoms with Crippen LogP contribution in [0.25, 0.3) is 0 Å². The van der Waals surface area contributed by atoms with Gasteiger partial charge in [-0.3, -0.25) is 0 Å². The van der Waals surface area contributed by atoms with Crippen LogP contribution in [-0.2, 0) is 0 Å². The van der Waals surface area contributed by atoms with E-state index >= 15 is 0 Å². The standard InChI is InChI=1S/C5H14NOSi.Cs/c1-8(2,7)5-3-4-6;/h3-6H2,1-2H3;/q-1;+1. The van der Waals surface area contributed by atoms with Crippen LogP contribution < -0.4 is 79.4 Å². The Labute approximate surface area is 117 Å². The molecule has 0 fully saturated rings. The molecule has 0 radical (unpaired) electrons. The van der Waals surface area contributed by atoms with Gasteiger partial charge in [-0.15, -0.1) is 0 Å². The van der Waals surface area contributed by atoms with Crippen molar-refractivity contribution in [1.29, 1.82) is 0 Å². The molecule has 0 aromatic carbocycles. The van der Waals surface area contributed by atoms with Crippen molar-refractivity contribution in [2.45, 2.75) is 25.6 Å². The molecule has 0 aromatic heterocycles. The fraction of sp³-hybridized carbons (Fsp3) is 1.00. The molecule has 0 saturated carbocycles. The summed E-state index contributed by atoms with van der Waals surface area (Å²) < 4.78 is 0. The van der Waals surface area contributed by atoms with Gasteiger partial charge in [-0.05, 0) is 13.0 Å². The van der Waals surface area contributed by atoms with Gasteiger partial charge in [0.25, 0.3) is 0 Å². The molecule has 0 aromatic rings. The van der Waals surface area contributed by atoms with E-state index in [-0.39, 0.29) is 68.9 Å². The fourth-order valence-corrected chi connectivity index (χ4v) is 1.58. The fourth-order valence-electron chi connectivity index (χ4n) is 0.528. The first-order chi connectivity index (χ1) is 3.56. The molecule has 0 atom stereocenters. The van der Waals surface area contributed by atoms with Crippen LogP contribution in [-0.4, -0.2) is 14.9 Å². The van der Waals surface area contributed by atoms with Gasteiger partial charge in [0.05, 0.1) is 0 Å². The van der Waals surface area contributed by atoms with Crippen molar-refractivity contribution in [1.82, 2.24) is 0 Å². The number of rotatable bonds is 3. The molecule has 0 saturated heterocycles. The third-order valence-corrected chi connectivity index (χ3v) is 2.54. The van der Waals surface area contributed by atoms with E-state index in [0.717, 1.165) is 12.5 Å². The molecule has 2 nitrogen and oxygen atoms in total. The summed E-state index contributed by atoms with van der Waals surface area (Å²) in [6, 6.07) is 0.823. The van der Waals surface area contributed by atoms with Crippen molar-refractivity contribution in [2.24, 2.45) is 5.73 Å². The maximum absolute atomic E-state index is 10.9. The van der Waals surface area contributed by atoms with Crippen LogP contribution in [0.3, 0.4) is 0 Å². The summed E-state index contributed by atoms with van der Waals surface area (Å²) in [5, 5.41) is 0. The molecule has 0 spiro atoms. The second-order valence-corrected chi connectivity index (χ2v) is 6.67. The maximum atomic E-state index is 10.9. The normalized spacial score (nSPS) is 10.7. The molecule has 0 amide bonds. The molecule has 0 heterocycles. The van der Waals surface area contributed by atoms with Crippen molar-refractivity contribution < 1.29 is 73.7 Å². The Morgan fingerprint density at radius 3 is 2.00 bits per heavy atom. The summed E-state index contributed by atoms with van der Waals surface area (Å²) >= 11 is 0. The van der Waals surface area contributed by atoms with E-state index in [1.54, 1.807) is 0 Å². The van der Waals surface area contributed by atoms with Crippen molar-refractivity contribution >= 4 is 8.32 Å². The van der Waals surface area contributed by atoms with Gasteiger partial charge in [-0.2, -0.15) is 0 Å². The zero-order chi connectivity index (χ0) is 6.62. The van der Waals surface area contributed by atoms with Crippen molar-refractivity contribution in [3.63, 3.8) is 0 Å². The van der Waals surface area contributed by atoms with Crippen LogP contribution in [0.4, 0.5) is 0 Å². The smallest absolute Gasteiger partial charge is 0.859 e. The van der Waals surface area contributed by atoms with E-state index in [0.29, 0.717) is 6.54 Å². The van der Waals surface area contributed by atoms with Gasteiger partial charge in [-0.1, -0.05) is 27.5 Å². The van der Waals surface area contributed by atoms with Gasteiger partial charge in [0.2, 0.25) is 0 Å². The Bertz CT molecular complexity index is 64.5. The summed E-state index contributed by atoms with van der Waals surface area (Å²) in [7, 11) is -2.01. The number of nitrogens with two attached hydrogens (primary N) is 1. The van der Waals surface area contributed by atoms with E-state index in [2.05, 4.69) is 0 Å². The Morgan fingerprint density at radius 1 is 1.44 bits per heavy atom. The zero-order valence-corrected chi connectivity index (χ0v) is 13.9. The monoisotopic (exact) mass is 265 g/mol. The summed E-state index contributed by atoms with van der Waals surface area (Å²) in [4.78, 5) is 10.9. The average molecular weight is 265 g/mol. The SMILES string of the molecule is C[Si](C)([O-])CCCN.[Cs+]. The van der Waals surface area contributed by atoms with Crippen molar-refractivity contribution in [2.75, 3.05) is 6.54 Å². The second kappa shape index (κ2) is 6.87. The number of hydrogen-bond acceptors (Lipinski definition) is 2. The third kappa shape index (κ3) is 13.2. The molecule has 0 unspecified atom stereocenters. The predicted molar refractivity (Wildman–Crippen MR) is 36.0 cm³/mol. The first-order valence-electron chi connectivity index (χ1n) is 2.97. The van der Waals surface area contributed by atoms with Crippen molar-refractivity contribution in [3.05, 3.63) is 0 Å². The second-order valence-electron chi connectivity index (χ2n) is 2.65. The Morgan fingerprint density at radius 2 is 1.89 bits per heavy atom. The van der Waals surface area contributed by atoms with Crippen LogP contribution in [0.2, 0.25) is 19.1 Å². The van der Waals surface area contributed by atoms with E-state index < -0.39 is 8.32 Å². The summed E-state index contributed by atoms with van der Waals surface area (Å²) in [5.74, 6) is 0. The minimum atomic E-state index is -2.01. The molecule has 0 aliphatic carbocycles. The Kier molecular flexibility index (Phi) is 10.5. The van der Waals surface area contributed by atoms with Gasteiger partial charge in [-0.25, -0.2) is 0 Å². The van der Waals surface area contributed by atoms with E-state index in [9.17, 15) is 4.80 Å². The first kappa shape index (κ1) is 13.8. The molecular weight excluding hydrogens is 251 g/mol. The van der Waals surface area contributed by atoms with Crippen LogP contribution in [0.15, 0.2) is 0 Å². The maximum Gasteiger partial charge on any atom is 1.00 e. The van der Waals surface area contributed by atoms with Gasteiger partial charge in [0.1, 0.15) is 0 Å². The van der Waals surface area contributed by atoms with Gasteiger partial charge < -0.3 is 10.5 Å². The minimum absolute atomic E-state index is 0. The summed E-state index contributed by atoms with van der Waals surface area (Å²) in [6.45, 7) is 4.31. The van der Waals surface area contributed by atoms with E-state index in [1.165, 1.54) is 0 Å². The summed E-state index contributed by atoms with van der Waals surface area (Å²) in [6.07, 6.45) is 0.905. The predicted octanol–water partition coefficient (Wildman–Crippen LogP) is -3.10. The summed E-state index contributed by atoms with van der Waals surface area (Å²) in [5.41, 5.74) is 5.22. The van der Waals surface area contributed by atoms with Gasteiger partial charge >= 0.3 is 68.9 Å². The number of hydrogen-bond donors (Lipinski definition) is 1. The van der Waals surface area contributed by atoms with Gasteiger partial charge in [0.15, 0.2) is 0 Å².